The Kier molecular flexibility index (Phi) is 5.95. The number of hydrogen-bond acceptors (Lipinski definition) is 6. The minimum atomic E-state index is 0.655. The van der Waals surface area contributed by atoms with Crippen LogP contribution in [0.1, 0.15) is 5.56 Å². The third-order valence-electron chi connectivity index (χ3n) is 4.91. The zero-order chi connectivity index (χ0) is 20.9. The minimum absolute atomic E-state index is 0.655. The molecule has 4 aromatic rings. The highest BCUT2D eigenvalue weighted by Crippen LogP contribution is 2.38. The van der Waals surface area contributed by atoms with Crippen molar-refractivity contribution in [1.82, 2.24) is 9.97 Å². The predicted molar refractivity (Wildman–Crippen MR) is 124 cm³/mol. The van der Waals surface area contributed by atoms with Gasteiger partial charge in [0, 0.05) is 24.0 Å². The van der Waals surface area contributed by atoms with Crippen molar-refractivity contribution in [1.29, 1.82) is 0 Å². The van der Waals surface area contributed by atoms with E-state index in [1.807, 2.05) is 42.5 Å². The third kappa shape index (κ3) is 3.86. The van der Waals surface area contributed by atoms with Crippen LogP contribution in [0.2, 0.25) is 0 Å². The van der Waals surface area contributed by atoms with Gasteiger partial charge in [-0.05, 0) is 23.3 Å². The van der Waals surface area contributed by atoms with Gasteiger partial charge in [0.15, 0.2) is 11.5 Å². The van der Waals surface area contributed by atoms with Gasteiger partial charge in [0.05, 0.1) is 19.6 Å². The van der Waals surface area contributed by atoms with Gasteiger partial charge in [0.1, 0.15) is 17.0 Å². The van der Waals surface area contributed by atoms with Crippen molar-refractivity contribution in [2.75, 3.05) is 25.7 Å². The van der Waals surface area contributed by atoms with E-state index in [-0.39, 0.29) is 0 Å². The number of methoxy groups -OCH3 is 2. The quantitative estimate of drug-likeness (QED) is 0.351. The second-order valence-corrected chi connectivity index (χ2v) is 7.61. The lowest BCUT2D eigenvalue weighted by Gasteiger charge is -2.24. The maximum atomic E-state index is 5.47. The Morgan fingerprint density at radius 2 is 1.83 bits per heavy atom. The van der Waals surface area contributed by atoms with Crippen molar-refractivity contribution in [2.45, 2.75) is 6.54 Å². The van der Waals surface area contributed by atoms with Gasteiger partial charge in [0.25, 0.3) is 0 Å². The van der Waals surface area contributed by atoms with E-state index in [1.165, 1.54) is 0 Å². The van der Waals surface area contributed by atoms with Crippen LogP contribution in [-0.2, 0) is 6.54 Å². The average molecular weight is 418 g/mol. The van der Waals surface area contributed by atoms with Gasteiger partial charge in [0.2, 0.25) is 0 Å². The van der Waals surface area contributed by atoms with Gasteiger partial charge in [-0.25, -0.2) is 9.97 Å². The molecule has 0 atom stereocenters. The molecule has 0 spiro atoms. The number of benzene rings is 2. The van der Waals surface area contributed by atoms with E-state index in [9.17, 15) is 0 Å². The van der Waals surface area contributed by atoms with Crippen molar-refractivity contribution in [3.63, 3.8) is 0 Å². The molecule has 0 aliphatic rings. The van der Waals surface area contributed by atoms with Crippen molar-refractivity contribution in [3.05, 3.63) is 78.5 Å². The van der Waals surface area contributed by atoms with Gasteiger partial charge in [-0.2, -0.15) is 0 Å². The maximum absolute atomic E-state index is 5.47. The van der Waals surface area contributed by atoms with Crippen molar-refractivity contribution >= 4 is 27.4 Å². The first-order valence-electron chi connectivity index (χ1n) is 9.59. The molecule has 0 amide bonds. The van der Waals surface area contributed by atoms with Gasteiger partial charge in [-0.1, -0.05) is 42.5 Å². The fraction of sp³-hybridized carbons (Fsp3) is 0.167. The van der Waals surface area contributed by atoms with Crippen LogP contribution in [0.5, 0.6) is 11.5 Å². The molecule has 0 radical (unpaired) electrons. The highest BCUT2D eigenvalue weighted by atomic mass is 32.1. The van der Waals surface area contributed by atoms with Crippen LogP contribution in [0.15, 0.2) is 72.9 Å². The van der Waals surface area contributed by atoms with Crippen LogP contribution in [0.3, 0.4) is 0 Å². The lowest BCUT2D eigenvalue weighted by atomic mass is 10.1. The Hall–Kier alpha value is -3.38. The van der Waals surface area contributed by atoms with E-state index >= 15 is 0 Å². The van der Waals surface area contributed by atoms with E-state index in [4.69, 9.17) is 9.47 Å². The van der Waals surface area contributed by atoms with Gasteiger partial charge < -0.3 is 14.4 Å². The molecule has 0 unspecified atom stereocenters. The smallest absolute Gasteiger partial charge is 0.161 e. The lowest BCUT2D eigenvalue weighted by molar-refractivity contribution is 0.354. The van der Waals surface area contributed by atoms with Crippen LogP contribution < -0.4 is 14.4 Å². The molecule has 2 aromatic carbocycles. The molecule has 0 N–H and O–H groups in total. The molecule has 0 fully saturated rings. The summed E-state index contributed by atoms with van der Waals surface area (Å²) in [5.74, 6) is 2.32. The molecule has 0 saturated carbocycles. The highest BCUT2D eigenvalue weighted by Gasteiger charge is 2.18. The monoisotopic (exact) mass is 417 g/mol. The second kappa shape index (κ2) is 8.97. The van der Waals surface area contributed by atoms with E-state index in [0.29, 0.717) is 24.6 Å². The van der Waals surface area contributed by atoms with Crippen molar-refractivity contribution in [3.8, 4) is 22.6 Å². The first-order valence-corrected chi connectivity index (χ1v) is 10.5. The Balaban J connectivity index is 1.78. The molecule has 0 saturated heterocycles. The fourth-order valence-corrected chi connectivity index (χ4v) is 4.42. The molecule has 4 rings (SSSR count). The minimum Gasteiger partial charge on any atom is -0.493 e. The Labute approximate surface area is 180 Å². The summed E-state index contributed by atoms with van der Waals surface area (Å²) < 4.78 is 10.8. The molecule has 6 heteroatoms. The molecule has 0 aliphatic carbocycles. The average Bonchev–Trinajstić information content (AvgIpc) is 3.23. The van der Waals surface area contributed by atoms with E-state index < -0.39 is 0 Å². The van der Waals surface area contributed by atoms with Crippen molar-refractivity contribution in [2.24, 2.45) is 0 Å². The van der Waals surface area contributed by atoms with Gasteiger partial charge >= 0.3 is 0 Å². The number of aromatic nitrogens is 2. The van der Waals surface area contributed by atoms with Crippen LogP contribution in [0, 0.1) is 0 Å². The van der Waals surface area contributed by atoms with Gasteiger partial charge in [-0.15, -0.1) is 17.9 Å². The van der Waals surface area contributed by atoms with E-state index in [0.717, 1.165) is 32.7 Å². The summed E-state index contributed by atoms with van der Waals surface area (Å²) in [5.41, 5.74) is 3.40. The maximum Gasteiger partial charge on any atom is 0.161 e. The Morgan fingerprint density at radius 3 is 2.57 bits per heavy atom. The van der Waals surface area contributed by atoms with E-state index in [1.54, 1.807) is 31.9 Å². The lowest BCUT2D eigenvalue weighted by Crippen LogP contribution is -2.24. The zero-order valence-electron chi connectivity index (χ0n) is 17.0. The SMILES string of the molecule is C=CCN(Cc1ccc(OC)c(OC)c1)c1ncnc2scc(-c3ccccc3)c12. The summed E-state index contributed by atoms with van der Waals surface area (Å²) in [7, 11) is 3.29. The molecular weight excluding hydrogens is 394 g/mol. The van der Waals surface area contributed by atoms with Gasteiger partial charge in [-0.3, -0.25) is 0 Å². The van der Waals surface area contributed by atoms with Crippen LogP contribution in [0.4, 0.5) is 5.82 Å². The zero-order valence-corrected chi connectivity index (χ0v) is 17.9. The molecule has 30 heavy (non-hydrogen) atoms. The predicted octanol–water partition coefficient (Wildman–Crippen LogP) is 5.57. The number of hydrogen-bond donors (Lipinski definition) is 0. The largest absolute Gasteiger partial charge is 0.493 e. The summed E-state index contributed by atoms with van der Waals surface area (Å²) in [6.07, 6.45) is 3.52. The Bertz CT molecular complexity index is 1160. The summed E-state index contributed by atoms with van der Waals surface area (Å²) >= 11 is 1.64. The highest BCUT2D eigenvalue weighted by molar-refractivity contribution is 7.17. The van der Waals surface area contributed by atoms with Crippen LogP contribution in [0.25, 0.3) is 21.3 Å². The van der Waals surface area contributed by atoms with Crippen LogP contribution in [-0.4, -0.2) is 30.7 Å². The summed E-state index contributed by atoms with van der Waals surface area (Å²) in [6, 6.07) is 16.3. The molecule has 2 aromatic heterocycles. The first-order chi connectivity index (χ1) is 14.7. The number of anilines is 1. The number of rotatable bonds is 8. The summed E-state index contributed by atoms with van der Waals surface area (Å²) in [5, 5.41) is 3.22. The van der Waals surface area contributed by atoms with Crippen LogP contribution >= 0.6 is 11.3 Å². The number of ether oxygens (including phenoxy) is 2. The fourth-order valence-electron chi connectivity index (χ4n) is 3.51. The third-order valence-corrected chi connectivity index (χ3v) is 5.79. The Morgan fingerprint density at radius 1 is 1.03 bits per heavy atom. The topological polar surface area (TPSA) is 47.5 Å². The standard InChI is InChI=1S/C24H23N3O2S/c1-4-12-27(14-17-10-11-20(28-2)21(13-17)29-3)23-22-19(18-8-6-5-7-9-18)15-30-24(22)26-16-25-23/h4-11,13,15-16H,1,12,14H2,2-3H3. The molecule has 2 heterocycles. The number of nitrogens with zero attached hydrogens (tertiary/aromatic N) is 3. The number of thiophene rings is 1. The second-order valence-electron chi connectivity index (χ2n) is 6.75. The first kappa shape index (κ1) is 19.9. The van der Waals surface area contributed by atoms with Crippen molar-refractivity contribution < 1.29 is 9.47 Å². The summed E-state index contributed by atoms with van der Waals surface area (Å²) in [4.78, 5) is 12.4. The molecule has 0 bridgehead atoms. The molecule has 0 aliphatic heterocycles. The van der Waals surface area contributed by atoms with E-state index in [2.05, 4.69) is 39.0 Å². The summed E-state index contributed by atoms with van der Waals surface area (Å²) in [6.45, 7) is 5.26. The molecular formula is C24H23N3O2S. The normalized spacial score (nSPS) is 10.7. The number of fused-ring (bicyclic) bond motifs is 1. The molecule has 5 nitrogen and oxygen atoms in total. The molecule has 152 valence electrons.